The molecule has 244 valence electrons. The molecule has 12 nitrogen and oxygen atoms in total. The summed E-state index contributed by atoms with van der Waals surface area (Å²) in [6, 6.07) is 17.2. The van der Waals surface area contributed by atoms with Crippen molar-refractivity contribution in [2.75, 3.05) is 5.75 Å². The molecule has 5 N–H and O–H groups in total. The molecule has 13 heteroatoms. The third-order valence-electron chi connectivity index (χ3n) is 7.41. The predicted octanol–water partition coefficient (Wildman–Crippen LogP) is 3.95. The van der Waals surface area contributed by atoms with E-state index in [-0.39, 0.29) is 43.5 Å². The lowest BCUT2D eigenvalue weighted by molar-refractivity contribution is -0.384. The third kappa shape index (κ3) is 11.5. The van der Waals surface area contributed by atoms with E-state index < -0.39 is 55.9 Å². The van der Waals surface area contributed by atoms with Gasteiger partial charge < -0.3 is 21.3 Å². The number of non-ortho nitro benzene ring substituents is 1. The highest BCUT2D eigenvalue weighted by molar-refractivity contribution is 7.90. The standard InChI is InChI=1S/C33H37N3O9S/c1-22(34)26-10-2-23(3-11-26)9-18-31(38)30(17-19-32(39)40)35-33(41)27(12-4-24-7-15-29(37)16-8-24)21-46(44,45)20-25-5-13-28(14-6-25)36(42)43/h2-3,5-8,10-11,13-16,27,30,37H,1,4,9,12,17-21,34H2,(H,35,41)(H,39,40)/t27-,30-/m0/s1. The molecule has 0 heterocycles. The van der Waals surface area contributed by atoms with E-state index >= 15 is 0 Å². The van der Waals surface area contributed by atoms with Crippen LogP contribution in [-0.2, 0) is 42.8 Å². The molecule has 0 saturated heterocycles. The van der Waals surface area contributed by atoms with Gasteiger partial charge in [0.2, 0.25) is 5.91 Å². The number of carbonyl (C=O) groups is 3. The fraction of sp³-hybridized carbons (Fsp3) is 0.303. The summed E-state index contributed by atoms with van der Waals surface area (Å²) in [7, 11) is -3.93. The number of Topliss-reactive ketones (excluding diaryl/α,β-unsaturated/α-hetero) is 1. The topological polar surface area (TPSA) is 207 Å². The lowest BCUT2D eigenvalue weighted by atomic mass is 9.96. The molecule has 0 aliphatic heterocycles. The van der Waals surface area contributed by atoms with Crippen molar-refractivity contribution in [3.63, 3.8) is 0 Å². The predicted molar refractivity (Wildman–Crippen MR) is 172 cm³/mol. The summed E-state index contributed by atoms with van der Waals surface area (Å²) in [5.41, 5.74) is 8.52. The number of carboxylic acid groups (broad SMARTS) is 1. The molecule has 0 unspecified atom stereocenters. The van der Waals surface area contributed by atoms with Crippen molar-refractivity contribution in [1.29, 1.82) is 0 Å². The van der Waals surface area contributed by atoms with Gasteiger partial charge in [-0.05, 0) is 60.1 Å². The van der Waals surface area contributed by atoms with Gasteiger partial charge in [0.05, 0.1) is 28.4 Å². The SMILES string of the molecule is C=C(N)c1ccc(CCC(=O)[C@H](CCC(=O)O)NC(=O)[C@@H](CCc2ccc(O)cc2)CS(=O)(=O)Cc2ccc([N+](=O)[O-])cc2)cc1. The Labute approximate surface area is 267 Å². The van der Waals surface area contributed by atoms with Crippen LogP contribution in [0, 0.1) is 16.0 Å². The number of ketones is 1. The van der Waals surface area contributed by atoms with Crippen LogP contribution in [0.4, 0.5) is 5.69 Å². The number of nitrogens with two attached hydrogens (primary N) is 1. The Bertz CT molecular complexity index is 1650. The molecule has 2 atom stereocenters. The largest absolute Gasteiger partial charge is 0.508 e. The van der Waals surface area contributed by atoms with Gasteiger partial charge in [-0.1, -0.05) is 55.1 Å². The number of nitrogens with one attached hydrogen (secondary N) is 1. The first-order chi connectivity index (χ1) is 21.7. The number of sulfone groups is 1. The molecule has 0 bridgehead atoms. The van der Waals surface area contributed by atoms with Crippen LogP contribution in [0.5, 0.6) is 5.75 Å². The maximum Gasteiger partial charge on any atom is 0.303 e. The fourth-order valence-corrected chi connectivity index (χ4v) is 6.57. The number of nitro benzene ring substituents is 1. The Morgan fingerprint density at radius 3 is 2.00 bits per heavy atom. The van der Waals surface area contributed by atoms with Crippen LogP contribution in [0.1, 0.15) is 47.9 Å². The molecule has 0 aromatic heterocycles. The summed E-state index contributed by atoms with van der Waals surface area (Å²) in [6.45, 7) is 3.68. The zero-order chi connectivity index (χ0) is 33.9. The van der Waals surface area contributed by atoms with Crippen molar-refractivity contribution < 1.29 is 37.9 Å². The molecule has 0 saturated carbocycles. The van der Waals surface area contributed by atoms with E-state index in [2.05, 4.69) is 11.9 Å². The number of phenols is 1. The number of aliphatic carboxylic acids is 1. The molecule has 3 aromatic rings. The number of aromatic hydroxyl groups is 1. The number of phenolic OH excluding ortho intramolecular Hbond substituents is 1. The monoisotopic (exact) mass is 651 g/mol. The minimum Gasteiger partial charge on any atom is -0.508 e. The molecule has 0 spiro atoms. The van der Waals surface area contributed by atoms with Gasteiger partial charge >= 0.3 is 5.97 Å². The third-order valence-corrected chi connectivity index (χ3v) is 9.10. The number of nitro groups is 1. The molecule has 0 radical (unpaired) electrons. The molecule has 0 aliphatic carbocycles. The van der Waals surface area contributed by atoms with Crippen molar-refractivity contribution in [3.8, 4) is 5.75 Å². The number of hydrogen-bond donors (Lipinski definition) is 4. The van der Waals surface area contributed by atoms with Gasteiger partial charge in [-0.25, -0.2) is 8.42 Å². The summed E-state index contributed by atoms with van der Waals surface area (Å²) in [4.78, 5) is 48.5. The van der Waals surface area contributed by atoms with Gasteiger partial charge in [0.25, 0.3) is 5.69 Å². The van der Waals surface area contributed by atoms with Crippen LogP contribution in [-0.4, -0.2) is 53.0 Å². The second-order valence-electron chi connectivity index (χ2n) is 11.1. The maximum atomic E-state index is 13.6. The van der Waals surface area contributed by atoms with E-state index in [4.69, 9.17) is 5.73 Å². The average Bonchev–Trinajstić information content (AvgIpc) is 3.00. The van der Waals surface area contributed by atoms with Gasteiger partial charge in [-0.3, -0.25) is 24.5 Å². The molecular formula is C33H37N3O9S. The van der Waals surface area contributed by atoms with E-state index in [1.54, 1.807) is 36.4 Å². The highest BCUT2D eigenvalue weighted by atomic mass is 32.2. The zero-order valence-corrected chi connectivity index (χ0v) is 25.9. The summed E-state index contributed by atoms with van der Waals surface area (Å²) in [6.07, 6.45) is 0.124. The first-order valence-electron chi connectivity index (χ1n) is 14.5. The number of aryl methyl sites for hydroxylation is 2. The molecule has 3 aromatic carbocycles. The normalized spacial score (nSPS) is 12.5. The molecule has 1 amide bonds. The fourth-order valence-electron chi connectivity index (χ4n) is 4.83. The van der Waals surface area contributed by atoms with Gasteiger partial charge in [0, 0.05) is 30.7 Å². The van der Waals surface area contributed by atoms with Crippen LogP contribution in [0.3, 0.4) is 0 Å². The van der Waals surface area contributed by atoms with Gasteiger partial charge in [-0.15, -0.1) is 0 Å². The van der Waals surface area contributed by atoms with E-state index in [1.807, 2.05) is 0 Å². The van der Waals surface area contributed by atoms with E-state index in [0.717, 1.165) is 16.7 Å². The van der Waals surface area contributed by atoms with E-state index in [1.165, 1.54) is 36.4 Å². The minimum absolute atomic E-state index is 0.00407. The van der Waals surface area contributed by atoms with Crippen molar-refractivity contribution in [2.45, 2.75) is 50.3 Å². The van der Waals surface area contributed by atoms with Crippen molar-refractivity contribution in [3.05, 3.63) is 112 Å². The second-order valence-corrected chi connectivity index (χ2v) is 13.2. The van der Waals surface area contributed by atoms with Gasteiger partial charge in [-0.2, -0.15) is 0 Å². The number of hydrogen-bond acceptors (Lipinski definition) is 9. The van der Waals surface area contributed by atoms with Crippen molar-refractivity contribution in [2.24, 2.45) is 11.7 Å². The van der Waals surface area contributed by atoms with E-state index in [9.17, 15) is 43.1 Å². The number of nitrogens with zero attached hydrogens (tertiary/aromatic N) is 1. The van der Waals surface area contributed by atoms with Crippen LogP contribution < -0.4 is 11.1 Å². The number of benzene rings is 3. The number of carbonyl (C=O) groups excluding carboxylic acids is 2. The first kappa shape index (κ1) is 35.4. The second kappa shape index (κ2) is 16.3. The average molecular weight is 652 g/mol. The number of amides is 1. The van der Waals surface area contributed by atoms with Crippen LogP contribution >= 0.6 is 0 Å². The molecule has 0 aliphatic rings. The number of rotatable bonds is 18. The van der Waals surface area contributed by atoms with Gasteiger partial charge in [0.1, 0.15) is 5.75 Å². The van der Waals surface area contributed by atoms with Crippen LogP contribution in [0.25, 0.3) is 5.70 Å². The van der Waals surface area contributed by atoms with Crippen LogP contribution in [0.2, 0.25) is 0 Å². The molecule has 46 heavy (non-hydrogen) atoms. The first-order valence-corrected chi connectivity index (χ1v) is 16.3. The number of carboxylic acids is 1. The Hall–Kier alpha value is -5.04. The highest BCUT2D eigenvalue weighted by Gasteiger charge is 2.30. The van der Waals surface area contributed by atoms with Crippen LogP contribution in [0.15, 0.2) is 79.4 Å². The van der Waals surface area contributed by atoms with Crippen molar-refractivity contribution >= 4 is 38.9 Å². The molecule has 3 rings (SSSR count). The Balaban J connectivity index is 1.77. The summed E-state index contributed by atoms with van der Waals surface area (Å²) in [5, 5.41) is 32.4. The van der Waals surface area contributed by atoms with Crippen molar-refractivity contribution in [1.82, 2.24) is 5.32 Å². The Kier molecular flexibility index (Phi) is 12.6. The maximum absolute atomic E-state index is 13.6. The molecular weight excluding hydrogens is 614 g/mol. The summed E-state index contributed by atoms with van der Waals surface area (Å²) < 4.78 is 26.5. The Morgan fingerprint density at radius 1 is 0.870 bits per heavy atom. The van der Waals surface area contributed by atoms with E-state index in [0.29, 0.717) is 17.7 Å². The highest BCUT2D eigenvalue weighted by Crippen LogP contribution is 2.20. The molecule has 0 fully saturated rings. The summed E-state index contributed by atoms with van der Waals surface area (Å²) in [5.74, 6) is -4.36. The lowest BCUT2D eigenvalue weighted by Gasteiger charge is -2.22. The Morgan fingerprint density at radius 2 is 1.43 bits per heavy atom. The minimum atomic E-state index is -3.93. The summed E-state index contributed by atoms with van der Waals surface area (Å²) >= 11 is 0. The quantitative estimate of drug-likeness (QED) is 0.115. The lowest BCUT2D eigenvalue weighted by Crippen LogP contribution is -2.45. The smallest absolute Gasteiger partial charge is 0.303 e. The zero-order valence-electron chi connectivity index (χ0n) is 25.1. The van der Waals surface area contributed by atoms with Gasteiger partial charge in [0.15, 0.2) is 15.6 Å².